The Morgan fingerprint density at radius 3 is 2.80 bits per heavy atom. The van der Waals surface area contributed by atoms with Crippen molar-refractivity contribution in [3.63, 3.8) is 0 Å². The van der Waals surface area contributed by atoms with Crippen molar-refractivity contribution in [2.45, 2.75) is 32.4 Å². The molecule has 2 heterocycles. The monoisotopic (exact) mass is 426 g/mol. The second-order valence-electron chi connectivity index (χ2n) is 7.03. The Bertz CT molecular complexity index is 853. The van der Waals surface area contributed by atoms with Gasteiger partial charge in [-0.3, -0.25) is 0 Å². The second kappa shape index (κ2) is 11.4. The van der Waals surface area contributed by atoms with Gasteiger partial charge in [-0.1, -0.05) is 12.0 Å². The Kier molecular flexibility index (Phi) is 8.28. The molecular weight excluding hydrogens is 396 g/mol. The van der Waals surface area contributed by atoms with Crippen molar-refractivity contribution in [1.29, 1.82) is 0 Å². The van der Waals surface area contributed by atoms with Gasteiger partial charge in [0.1, 0.15) is 6.61 Å². The molecule has 0 radical (unpaired) electrons. The van der Waals surface area contributed by atoms with Gasteiger partial charge in [-0.2, -0.15) is 0 Å². The predicted molar refractivity (Wildman–Crippen MR) is 125 cm³/mol. The molecule has 0 atom stereocenters. The van der Waals surface area contributed by atoms with E-state index in [1.165, 1.54) is 5.00 Å². The first-order valence-electron chi connectivity index (χ1n) is 10.3. The summed E-state index contributed by atoms with van der Waals surface area (Å²) < 4.78 is 10.9. The van der Waals surface area contributed by atoms with Gasteiger partial charge in [0.15, 0.2) is 17.5 Å². The Morgan fingerprint density at radius 1 is 1.30 bits per heavy atom. The zero-order valence-electron chi connectivity index (χ0n) is 17.7. The highest BCUT2D eigenvalue weighted by Gasteiger charge is 2.20. The first-order valence-corrected chi connectivity index (χ1v) is 11.2. The molecule has 0 bridgehead atoms. The molecule has 0 unspecified atom stereocenters. The van der Waals surface area contributed by atoms with Crippen LogP contribution in [0.3, 0.4) is 0 Å². The fourth-order valence-electron chi connectivity index (χ4n) is 3.43. The van der Waals surface area contributed by atoms with E-state index < -0.39 is 0 Å². The second-order valence-corrected chi connectivity index (χ2v) is 7.96. The van der Waals surface area contributed by atoms with E-state index in [1.807, 2.05) is 18.2 Å². The van der Waals surface area contributed by atoms with Gasteiger partial charge >= 0.3 is 0 Å². The Balaban J connectivity index is 1.59. The lowest BCUT2D eigenvalue weighted by Gasteiger charge is -2.33. The molecule has 7 heteroatoms. The normalized spacial score (nSPS) is 14.8. The predicted octanol–water partition coefficient (Wildman–Crippen LogP) is 3.49. The minimum absolute atomic E-state index is 0.206. The minimum Gasteiger partial charge on any atom is -0.493 e. The van der Waals surface area contributed by atoms with Crippen molar-refractivity contribution in [3.05, 3.63) is 41.3 Å². The molecule has 1 fully saturated rings. The molecule has 0 spiro atoms. The number of nitrogens with one attached hydrogen (secondary N) is 2. The van der Waals surface area contributed by atoms with E-state index in [-0.39, 0.29) is 6.61 Å². The summed E-state index contributed by atoms with van der Waals surface area (Å²) in [6.07, 6.45) is 7.49. The molecule has 1 aromatic heterocycles. The lowest BCUT2D eigenvalue weighted by Crippen LogP contribution is -2.48. The van der Waals surface area contributed by atoms with Crippen LogP contribution in [-0.4, -0.2) is 45.4 Å². The number of aliphatic imine (C=N–C) groups is 1. The lowest BCUT2D eigenvalue weighted by atomic mass is 10.1. The molecule has 1 aliphatic rings. The smallest absolute Gasteiger partial charge is 0.191 e. The number of benzene rings is 1. The summed E-state index contributed by atoms with van der Waals surface area (Å²) in [4.78, 5) is 7.23. The van der Waals surface area contributed by atoms with Crippen LogP contribution in [0.2, 0.25) is 0 Å². The zero-order chi connectivity index (χ0) is 21.2. The quantitative estimate of drug-likeness (QED) is 0.384. The van der Waals surface area contributed by atoms with Crippen LogP contribution < -0.4 is 25.0 Å². The van der Waals surface area contributed by atoms with E-state index in [2.05, 4.69) is 45.9 Å². The van der Waals surface area contributed by atoms with E-state index >= 15 is 0 Å². The van der Waals surface area contributed by atoms with Crippen molar-refractivity contribution in [1.82, 2.24) is 10.6 Å². The standard InChI is InChI=1S/C23H30N4O2S/c1-4-14-29-21-16-18(8-9-20(21)28-3)17-25-23(24-5-2)26-19-10-12-27(13-11-19)22-7-6-15-30-22/h1,6-9,15-16,19H,5,10-14,17H2,2-3H3,(H2,24,25,26). The molecule has 30 heavy (non-hydrogen) atoms. The molecule has 1 saturated heterocycles. The molecule has 0 amide bonds. The number of thiophene rings is 1. The Morgan fingerprint density at radius 2 is 2.13 bits per heavy atom. The topological polar surface area (TPSA) is 58.1 Å². The largest absolute Gasteiger partial charge is 0.493 e. The fourth-order valence-corrected chi connectivity index (χ4v) is 4.21. The Hall–Kier alpha value is -2.85. The molecule has 1 aliphatic heterocycles. The van der Waals surface area contributed by atoms with Gasteiger partial charge < -0.3 is 25.0 Å². The summed E-state index contributed by atoms with van der Waals surface area (Å²) in [7, 11) is 1.62. The van der Waals surface area contributed by atoms with Crippen LogP contribution in [0.4, 0.5) is 5.00 Å². The number of methoxy groups -OCH3 is 1. The number of guanidine groups is 1. The van der Waals surface area contributed by atoms with E-state index in [4.69, 9.17) is 20.9 Å². The van der Waals surface area contributed by atoms with Crippen LogP contribution in [0.15, 0.2) is 40.7 Å². The molecule has 0 saturated carbocycles. The summed E-state index contributed by atoms with van der Waals surface area (Å²) in [5.41, 5.74) is 1.03. The number of hydrogen-bond acceptors (Lipinski definition) is 5. The third-order valence-corrected chi connectivity index (χ3v) is 5.89. The van der Waals surface area contributed by atoms with Crippen LogP contribution in [0.25, 0.3) is 0 Å². The van der Waals surface area contributed by atoms with E-state index in [0.717, 1.165) is 44.0 Å². The van der Waals surface area contributed by atoms with Gasteiger partial charge in [-0.15, -0.1) is 17.8 Å². The third-order valence-electron chi connectivity index (χ3n) is 4.96. The lowest BCUT2D eigenvalue weighted by molar-refractivity contribution is 0.330. The van der Waals surface area contributed by atoms with Gasteiger partial charge in [-0.25, -0.2) is 4.99 Å². The average molecular weight is 427 g/mol. The molecule has 2 N–H and O–H groups in total. The molecule has 1 aromatic carbocycles. The number of anilines is 1. The average Bonchev–Trinajstić information content (AvgIpc) is 3.31. The van der Waals surface area contributed by atoms with Crippen LogP contribution in [-0.2, 0) is 6.54 Å². The number of hydrogen-bond donors (Lipinski definition) is 2. The maximum absolute atomic E-state index is 5.59. The van der Waals surface area contributed by atoms with Crippen molar-refractivity contribution in [3.8, 4) is 23.8 Å². The highest BCUT2D eigenvalue weighted by molar-refractivity contribution is 7.14. The van der Waals surface area contributed by atoms with Gasteiger partial charge in [-0.05, 0) is 55.0 Å². The fraction of sp³-hybridized carbons (Fsp3) is 0.435. The van der Waals surface area contributed by atoms with Gasteiger partial charge in [0, 0.05) is 25.7 Å². The zero-order valence-corrected chi connectivity index (χ0v) is 18.5. The van der Waals surface area contributed by atoms with Gasteiger partial charge in [0.05, 0.1) is 18.7 Å². The van der Waals surface area contributed by atoms with Crippen molar-refractivity contribution >= 4 is 22.3 Å². The van der Waals surface area contributed by atoms with Gasteiger partial charge in [0.2, 0.25) is 0 Å². The molecule has 0 aliphatic carbocycles. The van der Waals surface area contributed by atoms with E-state index in [1.54, 1.807) is 18.4 Å². The highest BCUT2D eigenvalue weighted by atomic mass is 32.1. The van der Waals surface area contributed by atoms with Crippen molar-refractivity contribution in [2.24, 2.45) is 4.99 Å². The number of rotatable bonds is 8. The summed E-state index contributed by atoms with van der Waals surface area (Å²) in [5, 5.41) is 10.4. The van der Waals surface area contributed by atoms with Crippen LogP contribution >= 0.6 is 11.3 Å². The SMILES string of the molecule is C#CCOc1cc(CN=C(NCC)NC2CCN(c3cccs3)CC2)ccc1OC. The van der Waals surface area contributed by atoms with E-state index in [9.17, 15) is 0 Å². The van der Waals surface area contributed by atoms with Crippen LogP contribution in [0.5, 0.6) is 11.5 Å². The first-order chi connectivity index (χ1) is 14.7. The Labute approximate surface area is 183 Å². The molecule has 3 rings (SSSR count). The molecule has 160 valence electrons. The summed E-state index contributed by atoms with van der Waals surface area (Å²) >= 11 is 1.81. The molecule has 6 nitrogen and oxygen atoms in total. The van der Waals surface area contributed by atoms with E-state index in [0.29, 0.717) is 24.1 Å². The summed E-state index contributed by atoms with van der Waals surface area (Å²) in [5.74, 6) is 4.63. The van der Waals surface area contributed by atoms with Gasteiger partial charge in [0.25, 0.3) is 0 Å². The summed E-state index contributed by atoms with van der Waals surface area (Å²) in [6, 6.07) is 10.5. The number of terminal acetylenes is 1. The minimum atomic E-state index is 0.206. The number of nitrogens with zero attached hydrogens (tertiary/aromatic N) is 2. The number of piperidine rings is 1. The number of ether oxygens (including phenoxy) is 2. The van der Waals surface area contributed by atoms with Crippen LogP contribution in [0, 0.1) is 12.3 Å². The first kappa shape index (κ1) is 21.8. The highest BCUT2D eigenvalue weighted by Crippen LogP contribution is 2.28. The van der Waals surface area contributed by atoms with Crippen LogP contribution in [0.1, 0.15) is 25.3 Å². The van der Waals surface area contributed by atoms with Crippen molar-refractivity contribution < 1.29 is 9.47 Å². The molecule has 2 aromatic rings. The summed E-state index contributed by atoms with van der Waals surface area (Å²) in [6.45, 7) is 5.77. The van der Waals surface area contributed by atoms with Crippen molar-refractivity contribution in [2.75, 3.05) is 38.3 Å². The third kappa shape index (κ3) is 6.07. The maximum atomic E-state index is 5.59. The maximum Gasteiger partial charge on any atom is 0.191 e. The molecular formula is C23H30N4O2S.